The SMILES string of the molecule is CCNC(=NCc1ccc(C)cc1)NCC(O)c1ccco1.I. The second-order valence-electron chi connectivity index (χ2n) is 5.09. The fourth-order valence-electron chi connectivity index (χ4n) is 1.98. The maximum atomic E-state index is 10.0. The molecule has 3 N–H and O–H groups in total. The zero-order valence-corrected chi connectivity index (χ0v) is 15.8. The molecule has 1 aromatic heterocycles. The molecular formula is C17H24IN3O2. The van der Waals surface area contributed by atoms with Crippen LogP contribution in [0.3, 0.4) is 0 Å². The smallest absolute Gasteiger partial charge is 0.191 e. The van der Waals surface area contributed by atoms with Crippen molar-refractivity contribution in [3.05, 3.63) is 59.5 Å². The van der Waals surface area contributed by atoms with Crippen LogP contribution in [0.15, 0.2) is 52.1 Å². The third-order valence-corrected chi connectivity index (χ3v) is 3.22. The number of hydrogen-bond donors (Lipinski definition) is 3. The van der Waals surface area contributed by atoms with Gasteiger partial charge in [0, 0.05) is 6.54 Å². The first-order valence-corrected chi connectivity index (χ1v) is 7.48. The van der Waals surface area contributed by atoms with E-state index in [1.807, 2.05) is 6.92 Å². The summed E-state index contributed by atoms with van der Waals surface area (Å²) >= 11 is 0. The summed E-state index contributed by atoms with van der Waals surface area (Å²) in [5, 5.41) is 16.3. The first-order valence-electron chi connectivity index (χ1n) is 7.48. The van der Waals surface area contributed by atoms with Crippen LogP contribution in [0, 0.1) is 6.92 Å². The van der Waals surface area contributed by atoms with Gasteiger partial charge in [0.25, 0.3) is 0 Å². The van der Waals surface area contributed by atoms with Crippen molar-refractivity contribution in [2.75, 3.05) is 13.1 Å². The van der Waals surface area contributed by atoms with Crippen molar-refractivity contribution < 1.29 is 9.52 Å². The molecule has 0 saturated carbocycles. The molecule has 0 fully saturated rings. The number of aliphatic hydroxyl groups excluding tert-OH is 1. The highest BCUT2D eigenvalue weighted by atomic mass is 127. The van der Waals surface area contributed by atoms with Gasteiger partial charge in [-0.25, -0.2) is 4.99 Å². The lowest BCUT2D eigenvalue weighted by molar-refractivity contribution is 0.153. The Morgan fingerprint density at radius 2 is 1.96 bits per heavy atom. The zero-order chi connectivity index (χ0) is 15.8. The summed E-state index contributed by atoms with van der Waals surface area (Å²) < 4.78 is 5.18. The van der Waals surface area contributed by atoms with Crippen molar-refractivity contribution in [3.63, 3.8) is 0 Å². The molecule has 0 radical (unpaired) electrons. The Kier molecular flexibility index (Phi) is 8.71. The highest BCUT2D eigenvalue weighted by molar-refractivity contribution is 14.0. The van der Waals surface area contributed by atoms with Gasteiger partial charge in [-0.05, 0) is 31.5 Å². The molecule has 0 aliphatic heterocycles. The lowest BCUT2D eigenvalue weighted by Crippen LogP contribution is -2.39. The number of nitrogens with one attached hydrogen (secondary N) is 2. The van der Waals surface area contributed by atoms with E-state index in [1.165, 1.54) is 5.56 Å². The molecule has 6 heteroatoms. The zero-order valence-electron chi connectivity index (χ0n) is 13.5. The van der Waals surface area contributed by atoms with Gasteiger partial charge in [-0.3, -0.25) is 0 Å². The summed E-state index contributed by atoms with van der Waals surface area (Å²) in [6.45, 7) is 5.76. The lowest BCUT2D eigenvalue weighted by Gasteiger charge is -2.14. The molecule has 0 spiro atoms. The Morgan fingerprint density at radius 3 is 2.57 bits per heavy atom. The molecule has 2 rings (SSSR count). The van der Waals surface area contributed by atoms with E-state index in [9.17, 15) is 5.11 Å². The van der Waals surface area contributed by atoms with Gasteiger partial charge in [0.15, 0.2) is 5.96 Å². The van der Waals surface area contributed by atoms with E-state index in [4.69, 9.17) is 4.42 Å². The molecule has 2 aromatic rings. The van der Waals surface area contributed by atoms with Crippen molar-refractivity contribution in [2.24, 2.45) is 4.99 Å². The second kappa shape index (κ2) is 10.3. The van der Waals surface area contributed by atoms with E-state index in [1.54, 1.807) is 18.4 Å². The van der Waals surface area contributed by atoms with Crippen LogP contribution in [0.1, 0.15) is 29.9 Å². The van der Waals surface area contributed by atoms with Gasteiger partial charge in [0.1, 0.15) is 11.9 Å². The number of benzene rings is 1. The number of halogens is 1. The molecule has 23 heavy (non-hydrogen) atoms. The van der Waals surface area contributed by atoms with Crippen LogP contribution < -0.4 is 10.6 Å². The number of rotatable bonds is 6. The Morgan fingerprint density at radius 1 is 1.22 bits per heavy atom. The van der Waals surface area contributed by atoms with Crippen molar-refractivity contribution in [2.45, 2.75) is 26.5 Å². The first-order chi connectivity index (χ1) is 10.7. The molecule has 1 heterocycles. The largest absolute Gasteiger partial charge is 0.467 e. The van der Waals surface area contributed by atoms with E-state index in [2.05, 4.69) is 46.8 Å². The van der Waals surface area contributed by atoms with Crippen LogP contribution in [-0.2, 0) is 6.54 Å². The molecule has 0 aliphatic carbocycles. The number of hydrogen-bond acceptors (Lipinski definition) is 3. The topological polar surface area (TPSA) is 69.8 Å². The summed E-state index contributed by atoms with van der Waals surface area (Å²) in [5.74, 6) is 1.22. The van der Waals surface area contributed by atoms with Crippen LogP contribution in [0.5, 0.6) is 0 Å². The number of nitrogens with zero attached hydrogens (tertiary/aromatic N) is 1. The van der Waals surface area contributed by atoms with E-state index in [-0.39, 0.29) is 24.0 Å². The minimum absolute atomic E-state index is 0. The summed E-state index contributed by atoms with van der Waals surface area (Å²) in [4.78, 5) is 4.52. The first kappa shape index (κ1) is 19.5. The van der Waals surface area contributed by atoms with Gasteiger partial charge >= 0.3 is 0 Å². The molecule has 126 valence electrons. The summed E-state index contributed by atoms with van der Waals surface area (Å²) in [6, 6.07) is 11.8. The third kappa shape index (κ3) is 6.62. The van der Waals surface area contributed by atoms with Gasteiger partial charge in [-0.2, -0.15) is 0 Å². The minimum atomic E-state index is -0.696. The van der Waals surface area contributed by atoms with E-state index in [0.29, 0.717) is 24.8 Å². The number of aliphatic hydroxyl groups is 1. The fraction of sp³-hybridized carbons (Fsp3) is 0.353. The average Bonchev–Trinajstić information content (AvgIpc) is 3.06. The highest BCUT2D eigenvalue weighted by Crippen LogP contribution is 2.11. The predicted octanol–water partition coefficient (Wildman–Crippen LogP) is 2.99. The van der Waals surface area contributed by atoms with E-state index < -0.39 is 6.10 Å². The van der Waals surface area contributed by atoms with Crippen LogP contribution in [0.25, 0.3) is 0 Å². The van der Waals surface area contributed by atoms with E-state index in [0.717, 1.165) is 12.1 Å². The maximum absolute atomic E-state index is 10.0. The molecule has 1 aromatic carbocycles. The highest BCUT2D eigenvalue weighted by Gasteiger charge is 2.10. The van der Waals surface area contributed by atoms with Crippen LogP contribution in [-0.4, -0.2) is 24.2 Å². The lowest BCUT2D eigenvalue weighted by atomic mass is 10.1. The van der Waals surface area contributed by atoms with Crippen molar-refractivity contribution in [1.29, 1.82) is 0 Å². The van der Waals surface area contributed by atoms with Crippen molar-refractivity contribution in [3.8, 4) is 0 Å². The summed E-state index contributed by atoms with van der Waals surface area (Å²) in [5.41, 5.74) is 2.38. The monoisotopic (exact) mass is 429 g/mol. The van der Waals surface area contributed by atoms with Crippen LogP contribution >= 0.6 is 24.0 Å². The minimum Gasteiger partial charge on any atom is -0.467 e. The third-order valence-electron chi connectivity index (χ3n) is 3.22. The van der Waals surface area contributed by atoms with E-state index >= 15 is 0 Å². The van der Waals surface area contributed by atoms with Gasteiger partial charge < -0.3 is 20.2 Å². The number of aryl methyl sites for hydroxylation is 1. The van der Waals surface area contributed by atoms with Crippen molar-refractivity contribution in [1.82, 2.24) is 10.6 Å². The molecule has 5 nitrogen and oxygen atoms in total. The van der Waals surface area contributed by atoms with Gasteiger partial charge in [-0.15, -0.1) is 24.0 Å². The molecule has 0 bridgehead atoms. The predicted molar refractivity (Wildman–Crippen MR) is 103 cm³/mol. The fourth-order valence-corrected chi connectivity index (χ4v) is 1.98. The number of aliphatic imine (C=N–C) groups is 1. The molecule has 1 atom stereocenters. The van der Waals surface area contributed by atoms with Crippen LogP contribution in [0.2, 0.25) is 0 Å². The van der Waals surface area contributed by atoms with Gasteiger partial charge in [0.2, 0.25) is 0 Å². The molecule has 1 unspecified atom stereocenters. The Balaban J connectivity index is 0.00000264. The Hall–Kier alpha value is -1.54. The quantitative estimate of drug-likeness (QED) is 0.375. The Labute approximate surface area is 154 Å². The standard InChI is InChI=1S/C17H23N3O2.HI/c1-3-18-17(19-11-14-8-6-13(2)7-9-14)20-12-15(21)16-5-4-10-22-16;/h4-10,15,21H,3,11-12H2,1-2H3,(H2,18,19,20);1H. The van der Waals surface area contributed by atoms with Gasteiger partial charge in [0.05, 0.1) is 19.4 Å². The van der Waals surface area contributed by atoms with Crippen molar-refractivity contribution >= 4 is 29.9 Å². The Bertz CT molecular complexity index is 582. The van der Waals surface area contributed by atoms with Crippen LogP contribution in [0.4, 0.5) is 0 Å². The average molecular weight is 429 g/mol. The molecule has 0 saturated heterocycles. The maximum Gasteiger partial charge on any atom is 0.191 e. The summed E-state index contributed by atoms with van der Waals surface area (Å²) in [7, 11) is 0. The molecular weight excluding hydrogens is 405 g/mol. The molecule has 0 aliphatic rings. The van der Waals surface area contributed by atoms with Gasteiger partial charge in [-0.1, -0.05) is 29.8 Å². The second-order valence-corrected chi connectivity index (χ2v) is 5.09. The number of furan rings is 1. The number of guanidine groups is 1. The molecule has 0 amide bonds. The summed E-state index contributed by atoms with van der Waals surface area (Å²) in [6.07, 6.45) is 0.855. The normalized spacial score (nSPS) is 12.4.